The van der Waals surface area contributed by atoms with Crippen LogP contribution in [-0.4, -0.2) is 25.8 Å². The van der Waals surface area contributed by atoms with E-state index in [4.69, 9.17) is 5.11 Å². The van der Waals surface area contributed by atoms with E-state index in [0.717, 1.165) is 9.13 Å². The maximum atomic E-state index is 10.7. The Morgan fingerprint density at radius 1 is 1.56 bits per heavy atom. The Morgan fingerprint density at radius 3 is 3.00 bits per heavy atom. The minimum Gasteiger partial charge on any atom is -0.477 e. The molecule has 0 radical (unpaired) electrons. The van der Waals surface area contributed by atoms with Crippen LogP contribution in [0.3, 0.4) is 0 Å². The van der Waals surface area contributed by atoms with Gasteiger partial charge in [-0.1, -0.05) is 0 Å². The van der Waals surface area contributed by atoms with E-state index in [9.17, 15) is 4.79 Å². The molecule has 0 aliphatic carbocycles. The molecule has 2 aromatic heterocycles. The summed E-state index contributed by atoms with van der Waals surface area (Å²) < 4.78 is 2.80. The molecule has 2 aromatic rings. The van der Waals surface area contributed by atoms with E-state index in [2.05, 4.69) is 32.7 Å². The third-order valence-corrected chi connectivity index (χ3v) is 2.55. The fourth-order valence-corrected chi connectivity index (χ4v) is 1.75. The largest absolute Gasteiger partial charge is 0.477 e. The number of carbonyl (C=O) groups is 1. The number of hydrogen-bond donors (Lipinski definition) is 1. The standard InChI is InChI=1S/C10H8IN3O2/c11-8-4-13-14(6-8)5-7-1-2-12-9(3-7)10(15)16/h1-4,6H,5H2,(H,15,16). The Balaban J connectivity index is 2.21. The van der Waals surface area contributed by atoms with E-state index in [1.54, 1.807) is 23.0 Å². The highest BCUT2D eigenvalue weighted by atomic mass is 127. The van der Waals surface area contributed by atoms with Gasteiger partial charge >= 0.3 is 5.97 Å². The number of nitrogens with zero attached hydrogens (tertiary/aromatic N) is 3. The molecular weight excluding hydrogens is 321 g/mol. The number of carboxylic acid groups (broad SMARTS) is 1. The van der Waals surface area contributed by atoms with E-state index in [0.29, 0.717) is 6.54 Å². The second-order valence-electron chi connectivity index (χ2n) is 3.21. The Morgan fingerprint density at radius 2 is 2.38 bits per heavy atom. The monoisotopic (exact) mass is 329 g/mol. The first-order valence-electron chi connectivity index (χ1n) is 4.51. The zero-order chi connectivity index (χ0) is 11.5. The summed E-state index contributed by atoms with van der Waals surface area (Å²) in [5.74, 6) is -1.02. The highest BCUT2D eigenvalue weighted by Crippen LogP contribution is 2.06. The van der Waals surface area contributed by atoms with Gasteiger partial charge in [-0.05, 0) is 40.3 Å². The van der Waals surface area contributed by atoms with E-state index in [1.807, 2.05) is 6.20 Å². The number of halogens is 1. The van der Waals surface area contributed by atoms with Crippen molar-refractivity contribution in [3.05, 3.63) is 45.6 Å². The summed E-state index contributed by atoms with van der Waals surface area (Å²) in [7, 11) is 0. The summed E-state index contributed by atoms with van der Waals surface area (Å²) >= 11 is 2.17. The molecule has 0 amide bonds. The Bertz CT molecular complexity index is 524. The third kappa shape index (κ3) is 2.57. The number of carboxylic acids is 1. The molecule has 0 spiro atoms. The average molecular weight is 329 g/mol. The molecule has 0 fully saturated rings. The summed E-state index contributed by atoms with van der Waals surface area (Å²) in [5.41, 5.74) is 0.922. The van der Waals surface area contributed by atoms with Crippen molar-refractivity contribution in [1.29, 1.82) is 0 Å². The molecule has 6 heteroatoms. The van der Waals surface area contributed by atoms with E-state index >= 15 is 0 Å². The Labute approximate surface area is 105 Å². The average Bonchev–Trinajstić information content (AvgIpc) is 2.64. The van der Waals surface area contributed by atoms with Crippen molar-refractivity contribution in [2.24, 2.45) is 0 Å². The van der Waals surface area contributed by atoms with Crippen molar-refractivity contribution < 1.29 is 9.90 Å². The number of pyridine rings is 1. The third-order valence-electron chi connectivity index (χ3n) is 1.99. The molecule has 82 valence electrons. The SMILES string of the molecule is O=C(O)c1cc(Cn2cc(I)cn2)ccn1. The summed E-state index contributed by atoms with van der Waals surface area (Å²) in [6.07, 6.45) is 5.13. The van der Waals surface area contributed by atoms with E-state index < -0.39 is 5.97 Å². The molecule has 0 unspecified atom stereocenters. The molecule has 0 saturated heterocycles. The number of rotatable bonds is 3. The van der Waals surface area contributed by atoms with Gasteiger partial charge in [0.25, 0.3) is 0 Å². The van der Waals surface area contributed by atoms with Gasteiger partial charge in [-0.15, -0.1) is 0 Å². The fraction of sp³-hybridized carbons (Fsp3) is 0.100. The number of aromatic carboxylic acids is 1. The van der Waals surface area contributed by atoms with Gasteiger partial charge in [0, 0.05) is 12.4 Å². The first-order valence-corrected chi connectivity index (χ1v) is 5.59. The summed E-state index contributed by atoms with van der Waals surface area (Å²) in [4.78, 5) is 14.5. The summed E-state index contributed by atoms with van der Waals surface area (Å²) in [6, 6.07) is 3.33. The summed E-state index contributed by atoms with van der Waals surface area (Å²) in [6.45, 7) is 0.547. The fourth-order valence-electron chi connectivity index (χ4n) is 1.30. The van der Waals surface area contributed by atoms with Gasteiger partial charge in [0.1, 0.15) is 5.69 Å². The predicted molar refractivity (Wildman–Crippen MR) is 65.2 cm³/mol. The lowest BCUT2D eigenvalue weighted by Crippen LogP contribution is -2.04. The van der Waals surface area contributed by atoms with Gasteiger partial charge in [-0.25, -0.2) is 9.78 Å². The van der Waals surface area contributed by atoms with Crippen molar-refractivity contribution in [3.8, 4) is 0 Å². The van der Waals surface area contributed by atoms with Crippen molar-refractivity contribution in [3.63, 3.8) is 0 Å². The number of hydrogen-bond acceptors (Lipinski definition) is 3. The van der Waals surface area contributed by atoms with Crippen LogP contribution in [0.1, 0.15) is 16.1 Å². The zero-order valence-corrected chi connectivity index (χ0v) is 10.3. The molecule has 0 atom stereocenters. The van der Waals surface area contributed by atoms with Gasteiger partial charge in [-0.2, -0.15) is 5.10 Å². The molecule has 2 heterocycles. The Kier molecular flexibility index (Phi) is 3.18. The molecule has 0 aliphatic rings. The lowest BCUT2D eigenvalue weighted by atomic mass is 10.2. The first-order chi connectivity index (χ1) is 7.65. The molecule has 1 N–H and O–H groups in total. The highest BCUT2D eigenvalue weighted by molar-refractivity contribution is 14.1. The minimum atomic E-state index is -1.02. The molecule has 2 rings (SSSR count). The van der Waals surface area contributed by atoms with Crippen LogP contribution in [0.4, 0.5) is 0 Å². The van der Waals surface area contributed by atoms with Gasteiger partial charge in [0.05, 0.1) is 16.3 Å². The van der Waals surface area contributed by atoms with Crippen LogP contribution in [0.5, 0.6) is 0 Å². The predicted octanol–water partition coefficient (Wildman–Crippen LogP) is 1.63. The van der Waals surface area contributed by atoms with Gasteiger partial charge in [-0.3, -0.25) is 4.68 Å². The van der Waals surface area contributed by atoms with Crippen molar-refractivity contribution in [1.82, 2.24) is 14.8 Å². The topological polar surface area (TPSA) is 68.0 Å². The molecule has 0 bridgehead atoms. The van der Waals surface area contributed by atoms with Crippen LogP contribution in [0.2, 0.25) is 0 Å². The molecule has 0 aromatic carbocycles. The molecule has 5 nitrogen and oxygen atoms in total. The maximum Gasteiger partial charge on any atom is 0.354 e. The van der Waals surface area contributed by atoms with Gasteiger partial charge in [0.2, 0.25) is 0 Å². The second kappa shape index (κ2) is 4.60. The van der Waals surface area contributed by atoms with Crippen molar-refractivity contribution >= 4 is 28.6 Å². The molecule has 16 heavy (non-hydrogen) atoms. The molecular formula is C10H8IN3O2. The van der Waals surface area contributed by atoms with Gasteiger partial charge in [0.15, 0.2) is 0 Å². The van der Waals surface area contributed by atoms with Gasteiger partial charge < -0.3 is 5.11 Å². The quantitative estimate of drug-likeness (QED) is 0.869. The normalized spacial score (nSPS) is 10.3. The van der Waals surface area contributed by atoms with E-state index in [1.165, 1.54) is 6.20 Å². The highest BCUT2D eigenvalue weighted by Gasteiger charge is 2.05. The van der Waals surface area contributed by atoms with E-state index in [-0.39, 0.29) is 5.69 Å². The van der Waals surface area contributed by atoms with Crippen molar-refractivity contribution in [2.45, 2.75) is 6.54 Å². The maximum absolute atomic E-state index is 10.7. The lowest BCUT2D eigenvalue weighted by Gasteiger charge is -2.02. The molecule has 0 aliphatic heterocycles. The molecule has 0 saturated carbocycles. The van der Waals surface area contributed by atoms with Crippen LogP contribution in [0.15, 0.2) is 30.7 Å². The van der Waals surface area contributed by atoms with Crippen LogP contribution in [0, 0.1) is 3.57 Å². The summed E-state index contributed by atoms with van der Waals surface area (Å²) in [5, 5.41) is 12.9. The van der Waals surface area contributed by atoms with Crippen LogP contribution in [0.25, 0.3) is 0 Å². The van der Waals surface area contributed by atoms with Crippen LogP contribution in [-0.2, 0) is 6.54 Å². The minimum absolute atomic E-state index is 0.0550. The number of aromatic nitrogens is 3. The lowest BCUT2D eigenvalue weighted by molar-refractivity contribution is 0.0690. The van der Waals surface area contributed by atoms with Crippen molar-refractivity contribution in [2.75, 3.05) is 0 Å². The smallest absolute Gasteiger partial charge is 0.354 e. The van der Waals surface area contributed by atoms with Crippen LogP contribution < -0.4 is 0 Å². The zero-order valence-electron chi connectivity index (χ0n) is 8.17. The van der Waals surface area contributed by atoms with Crippen LogP contribution >= 0.6 is 22.6 Å². The Hall–Kier alpha value is -1.44. The second-order valence-corrected chi connectivity index (χ2v) is 4.46. The first kappa shape index (κ1) is 11.1.